The zero-order valence-electron chi connectivity index (χ0n) is 17.2. The van der Waals surface area contributed by atoms with Crippen LogP contribution in [-0.2, 0) is 11.3 Å². The molecule has 0 atom stereocenters. The molecule has 0 unspecified atom stereocenters. The Kier molecular flexibility index (Phi) is 4.92. The molecular formula is C23H27N3O4+2. The van der Waals surface area contributed by atoms with E-state index in [9.17, 15) is 9.59 Å². The number of benzene rings is 2. The molecule has 30 heavy (non-hydrogen) atoms. The summed E-state index contributed by atoms with van der Waals surface area (Å²) in [6.07, 6.45) is 0. The van der Waals surface area contributed by atoms with Crippen LogP contribution < -0.4 is 24.2 Å². The maximum absolute atomic E-state index is 12.7. The van der Waals surface area contributed by atoms with E-state index in [-0.39, 0.29) is 0 Å². The number of rotatable bonds is 4. The van der Waals surface area contributed by atoms with E-state index in [1.165, 1.54) is 16.0 Å². The molecule has 0 spiro atoms. The Labute approximate surface area is 175 Å². The van der Waals surface area contributed by atoms with Crippen molar-refractivity contribution in [1.29, 1.82) is 0 Å². The van der Waals surface area contributed by atoms with Gasteiger partial charge < -0.3 is 19.3 Å². The van der Waals surface area contributed by atoms with Gasteiger partial charge in [-0.1, -0.05) is 29.8 Å². The van der Waals surface area contributed by atoms with Gasteiger partial charge in [-0.2, -0.15) is 0 Å². The maximum Gasteiger partial charge on any atom is 0.303 e. The van der Waals surface area contributed by atoms with E-state index in [0.29, 0.717) is 42.6 Å². The number of nitrogens with one attached hydrogen (secondary N) is 2. The van der Waals surface area contributed by atoms with Gasteiger partial charge in [0, 0.05) is 11.6 Å². The number of amides is 1. The number of anilines is 1. The number of aryl methyl sites for hydroxylation is 1. The van der Waals surface area contributed by atoms with E-state index in [0.717, 1.165) is 32.7 Å². The normalized spacial score (nSPS) is 22.9. The zero-order chi connectivity index (χ0) is 20.7. The lowest BCUT2D eigenvalue weighted by Gasteiger charge is -2.32. The summed E-state index contributed by atoms with van der Waals surface area (Å²) in [4.78, 5) is 29.7. The smallest absolute Gasteiger partial charge is 0.303 e. The van der Waals surface area contributed by atoms with Crippen molar-refractivity contribution in [2.24, 2.45) is 0 Å². The van der Waals surface area contributed by atoms with Crippen LogP contribution in [0.3, 0.4) is 0 Å². The first-order valence-corrected chi connectivity index (χ1v) is 10.6. The van der Waals surface area contributed by atoms with Gasteiger partial charge in [-0.25, -0.2) is 0 Å². The summed E-state index contributed by atoms with van der Waals surface area (Å²) in [5.41, 5.74) is 3.74. The van der Waals surface area contributed by atoms with E-state index in [2.05, 4.69) is 31.2 Å². The number of carbonyl (C=O) groups is 2. The Morgan fingerprint density at radius 2 is 1.63 bits per heavy atom. The van der Waals surface area contributed by atoms with Crippen LogP contribution >= 0.6 is 0 Å². The number of nitrogens with zero attached hydrogens (tertiary/aromatic N) is 1. The largest absolute Gasteiger partial charge is 0.486 e. The highest BCUT2D eigenvalue weighted by molar-refractivity contribution is 6.52. The number of ketones is 1. The second-order valence-electron chi connectivity index (χ2n) is 8.40. The fourth-order valence-electron chi connectivity index (χ4n) is 4.61. The van der Waals surface area contributed by atoms with E-state index in [1.54, 1.807) is 21.9 Å². The molecule has 0 bridgehead atoms. The predicted molar refractivity (Wildman–Crippen MR) is 110 cm³/mol. The van der Waals surface area contributed by atoms with Crippen LogP contribution in [0.15, 0.2) is 36.4 Å². The van der Waals surface area contributed by atoms with Crippen molar-refractivity contribution in [2.45, 2.75) is 13.5 Å². The van der Waals surface area contributed by atoms with Crippen LogP contribution in [0.25, 0.3) is 0 Å². The second-order valence-corrected chi connectivity index (χ2v) is 8.40. The van der Waals surface area contributed by atoms with E-state index in [4.69, 9.17) is 9.47 Å². The van der Waals surface area contributed by atoms with Gasteiger partial charge in [-0.15, -0.1) is 0 Å². The minimum Gasteiger partial charge on any atom is -0.486 e. The van der Waals surface area contributed by atoms with Gasteiger partial charge in [0.15, 0.2) is 18.2 Å². The first-order valence-electron chi connectivity index (χ1n) is 10.6. The number of piperazine rings is 1. The topological polar surface area (TPSA) is 64.7 Å². The summed E-state index contributed by atoms with van der Waals surface area (Å²) in [7, 11) is 0. The van der Waals surface area contributed by atoms with Gasteiger partial charge in [-0.05, 0) is 13.0 Å². The van der Waals surface area contributed by atoms with Gasteiger partial charge in [0.1, 0.15) is 45.9 Å². The molecular weight excluding hydrogens is 382 g/mol. The minimum absolute atomic E-state index is 0.423. The summed E-state index contributed by atoms with van der Waals surface area (Å²) >= 11 is 0. The monoisotopic (exact) mass is 409 g/mol. The molecule has 0 radical (unpaired) electrons. The second kappa shape index (κ2) is 7.74. The molecule has 1 fully saturated rings. The Morgan fingerprint density at radius 1 is 0.933 bits per heavy atom. The molecule has 0 aliphatic carbocycles. The third-order valence-electron chi connectivity index (χ3n) is 6.22. The molecule has 7 heteroatoms. The molecule has 3 aliphatic heterocycles. The molecule has 2 aromatic carbocycles. The Hall–Kier alpha value is -2.90. The van der Waals surface area contributed by atoms with Gasteiger partial charge in [0.05, 0.1) is 11.3 Å². The number of Topliss-reactive ketones (excluding diaryl/α,β-unsaturated/α-hetero) is 1. The Balaban J connectivity index is 1.25. The lowest BCUT2D eigenvalue weighted by molar-refractivity contribution is -1.02. The first-order chi connectivity index (χ1) is 14.6. The molecule has 2 aromatic rings. The predicted octanol–water partition coefficient (Wildman–Crippen LogP) is -0.763. The fraction of sp³-hybridized carbons (Fsp3) is 0.391. The van der Waals surface area contributed by atoms with Gasteiger partial charge in [0.25, 0.3) is 5.78 Å². The number of ether oxygens (including phenoxy) is 2. The van der Waals surface area contributed by atoms with Crippen LogP contribution in [0.4, 0.5) is 5.69 Å². The van der Waals surface area contributed by atoms with Gasteiger partial charge >= 0.3 is 5.91 Å². The molecule has 3 aliphatic rings. The lowest BCUT2D eigenvalue weighted by Crippen LogP contribution is -3.28. The van der Waals surface area contributed by atoms with E-state index >= 15 is 0 Å². The maximum atomic E-state index is 12.7. The van der Waals surface area contributed by atoms with E-state index < -0.39 is 11.7 Å². The quantitative estimate of drug-likeness (QED) is 0.652. The van der Waals surface area contributed by atoms with Crippen LogP contribution in [-0.4, -0.2) is 57.8 Å². The fourth-order valence-corrected chi connectivity index (χ4v) is 4.61. The van der Waals surface area contributed by atoms with Crippen LogP contribution in [0.2, 0.25) is 0 Å². The Morgan fingerprint density at radius 3 is 2.37 bits per heavy atom. The molecule has 7 nitrogen and oxygen atoms in total. The molecule has 0 saturated carbocycles. The third kappa shape index (κ3) is 3.55. The van der Waals surface area contributed by atoms with Crippen LogP contribution in [0, 0.1) is 6.92 Å². The first kappa shape index (κ1) is 19.1. The number of hydrogen-bond donors (Lipinski definition) is 2. The number of carbonyl (C=O) groups excluding carboxylic acids is 2. The third-order valence-corrected chi connectivity index (χ3v) is 6.22. The molecule has 1 amide bonds. The molecule has 5 rings (SSSR count). The molecule has 2 N–H and O–H groups in total. The summed E-state index contributed by atoms with van der Waals surface area (Å²) in [5, 5.41) is 0. The van der Waals surface area contributed by atoms with E-state index in [1.807, 2.05) is 0 Å². The summed E-state index contributed by atoms with van der Waals surface area (Å²) in [5.74, 6) is 0.248. The van der Waals surface area contributed by atoms with Crippen LogP contribution in [0.1, 0.15) is 21.5 Å². The highest BCUT2D eigenvalue weighted by atomic mass is 16.6. The zero-order valence-corrected chi connectivity index (χ0v) is 17.2. The highest BCUT2D eigenvalue weighted by Gasteiger charge is 2.40. The summed E-state index contributed by atoms with van der Waals surface area (Å²) < 4.78 is 11.2. The van der Waals surface area contributed by atoms with Crippen molar-refractivity contribution in [2.75, 3.05) is 51.0 Å². The summed E-state index contributed by atoms with van der Waals surface area (Å²) in [6, 6.07) is 12.1. The molecule has 3 heterocycles. The van der Waals surface area contributed by atoms with Crippen LogP contribution in [0.5, 0.6) is 11.5 Å². The molecule has 156 valence electrons. The number of quaternary nitrogens is 2. The van der Waals surface area contributed by atoms with Crippen molar-refractivity contribution in [1.82, 2.24) is 0 Å². The summed E-state index contributed by atoms with van der Waals surface area (Å²) in [6.45, 7) is 8.64. The van der Waals surface area contributed by atoms with Crippen molar-refractivity contribution >= 4 is 17.4 Å². The van der Waals surface area contributed by atoms with Crippen molar-refractivity contribution in [3.05, 3.63) is 53.1 Å². The standard InChI is InChI=1S/C23H25N3O4/c1-16-3-2-4-17(11-16)14-24-5-7-25(8-6-24)15-26-19-13-21-20(29-9-10-30-21)12-18(19)22(27)23(26)28/h2-4,11-13H,5-10,14-15H2,1H3/p+2. The average molecular weight is 409 g/mol. The number of hydrogen-bond acceptors (Lipinski definition) is 4. The van der Waals surface area contributed by atoms with Crippen molar-refractivity contribution in [3.8, 4) is 11.5 Å². The van der Waals surface area contributed by atoms with Gasteiger partial charge in [-0.3, -0.25) is 14.5 Å². The molecule has 1 saturated heterocycles. The van der Waals surface area contributed by atoms with Crippen molar-refractivity contribution < 1.29 is 28.9 Å². The van der Waals surface area contributed by atoms with Crippen molar-refractivity contribution in [3.63, 3.8) is 0 Å². The Bertz CT molecular complexity index is 998. The molecule has 0 aromatic heterocycles. The average Bonchev–Trinajstić information content (AvgIpc) is 2.98. The van der Waals surface area contributed by atoms with Gasteiger partial charge in [0.2, 0.25) is 0 Å². The minimum atomic E-state index is -0.454. The SMILES string of the molecule is Cc1cccc(C[NH+]2CC[NH+](CN3C(=O)C(=O)c4cc5c(cc43)OCCO5)CC2)c1. The lowest BCUT2D eigenvalue weighted by atomic mass is 10.1. The highest BCUT2D eigenvalue weighted by Crippen LogP contribution is 2.40. The number of fused-ring (bicyclic) bond motifs is 2.